The predicted molar refractivity (Wildman–Crippen MR) is 87.7 cm³/mol. The van der Waals surface area contributed by atoms with Crippen molar-refractivity contribution in [1.29, 1.82) is 0 Å². The van der Waals surface area contributed by atoms with E-state index in [-0.39, 0.29) is 7.92 Å². The van der Waals surface area contributed by atoms with Crippen LogP contribution in [0.2, 0.25) is 0 Å². The van der Waals surface area contributed by atoms with Crippen LogP contribution in [0.1, 0.15) is 26.7 Å². The molecule has 0 atom stereocenters. The summed E-state index contributed by atoms with van der Waals surface area (Å²) in [5, 5.41) is 2.87. The Morgan fingerprint density at radius 1 is 0.789 bits per heavy atom. The van der Waals surface area contributed by atoms with Crippen LogP contribution in [0, 0.1) is 0 Å². The van der Waals surface area contributed by atoms with Gasteiger partial charge in [0.2, 0.25) is 0 Å². The molecule has 2 rings (SSSR count). The second-order valence-electron chi connectivity index (χ2n) is 4.54. The molecule has 0 saturated carbocycles. The summed E-state index contributed by atoms with van der Waals surface area (Å²) in [6, 6.07) is 21.7. The van der Waals surface area contributed by atoms with Gasteiger partial charge in [-0.2, -0.15) is 0 Å². The average Bonchev–Trinajstić information content (AvgIpc) is 2.50. The molecule has 0 saturated heterocycles. The SMILES string of the molecule is CCC(=CP(c1ccccc1)c1ccccc1)CC. The van der Waals surface area contributed by atoms with E-state index >= 15 is 0 Å². The zero-order valence-electron chi connectivity index (χ0n) is 11.7. The molecule has 0 N–H and O–H groups in total. The molecule has 0 aliphatic rings. The lowest BCUT2D eigenvalue weighted by molar-refractivity contribution is 0.983. The van der Waals surface area contributed by atoms with Crippen molar-refractivity contribution in [2.75, 3.05) is 0 Å². The molecular formula is C18H21P. The number of hydrogen-bond donors (Lipinski definition) is 0. The molecule has 0 aliphatic carbocycles. The van der Waals surface area contributed by atoms with Gasteiger partial charge in [0.1, 0.15) is 0 Å². The van der Waals surface area contributed by atoms with Gasteiger partial charge in [-0.1, -0.05) is 85.9 Å². The van der Waals surface area contributed by atoms with Gasteiger partial charge < -0.3 is 0 Å². The second-order valence-corrected chi connectivity index (χ2v) is 6.57. The van der Waals surface area contributed by atoms with Crippen LogP contribution in [0.15, 0.2) is 72.1 Å². The van der Waals surface area contributed by atoms with Crippen molar-refractivity contribution >= 4 is 18.5 Å². The summed E-state index contributed by atoms with van der Waals surface area (Å²) in [5.74, 6) is 2.50. The molecule has 0 nitrogen and oxygen atoms in total. The van der Waals surface area contributed by atoms with Gasteiger partial charge in [0.15, 0.2) is 0 Å². The van der Waals surface area contributed by atoms with Crippen molar-refractivity contribution in [3.05, 3.63) is 72.1 Å². The van der Waals surface area contributed by atoms with Crippen LogP contribution < -0.4 is 10.6 Å². The second kappa shape index (κ2) is 7.26. The minimum absolute atomic E-state index is 0.364. The van der Waals surface area contributed by atoms with Crippen molar-refractivity contribution in [3.63, 3.8) is 0 Å². The minimum Gasteiger partial charge on any atom is -0.0697 e. The molecule has 0 amide bonds. The van der Waals surface area contributed by atoms with Crippen molar-refractivity contribution in [2.24, 2.45) is 0 Å². The van der Waals surface area contributed by atoms with E-state index < -0.39 is 0 Å². The molecule has 0 unspecified atom stereocenters. The highest BCUT2D eigenvalue weighted by Crippen LogP contribution is 2.37. The third-order valence-electron chi connectivity index (χ3n) is 3.29. The van der Waals surface area contributed by atoms with Crippen LogP contribution in [0.4, 0.5) is 0 Å². The Bertz CT molecular complexity index is 468. The van der Waals surface area contributed by atoms with E-state index in [0.717, 1.165) is 12.8 Å². The highest BCUT2D eigenvalue weighted by Gasteiger charge is 2.10. The van der Waals surface area contributed by atoms with Crippen LogP contribution in [0.3, 0.4) is 0 Å². The zero-order chi connectivity index (χ0) is 13.5. The maximum Gasteiger partial charge on any atom is -0.0157 e. The molecule has 0 aromatic heterocycles. The van der Waals surface area contributed by atoms with Crippen molar-refractivity contribution < 1.29 is 0 Å². The molecule has 0 aliphatic heterocycles. The number of rotatable bonds is 5. The number of allylic oxidation sites excluding steroid dienone is 1. The lowest BCUT2D eigenvalue weighted by Gasteiger charge is -2.16. The van der Waals surface area contributed by atoms with Gasteiger partial charge in [0.05, 0.1) is 0 Å². The Kier molecular flexibility index (Phi) is 5.36. The topological polar surface area (TPSA) is 0 Å². The molecule has 0 spiro atoms. The lowest BCUT2D eigenvalue weighted by atomic mass is 10.2. The minimum atomic E-state index is -0.364. The van der Waals surface area contributed by atoms with Crippen molar-refractivity contribution in [1.82, 2.24) is 0 Å². The number of benzene rings is 2. The first-order chi connectivity index (χ1) is 9.35. The van der Waals surface area contributed by atoms with E-state index in [2.05, 4.69) is 80.3 Å². The van der Waals surface area contributed by atoms with Crippen LogP contribution in [-0.4, -0.2) is 0 Å². The molecule has 0 bridgehead atoms. The molecule has 19 heavy (non-hydrogen) atoms. The van der Waals surface area contributed by atoms with Crippen molar-refractivity contribution in [3.8, 4) is 0 Å². The maximum atomic E-state index is 2.50. The number of hydrogen-bond acceptors (Lipinski definition) is 0. The first-order valence-corrected chi connectivity index (χ1v) is 8.35. The largest absolute Gasteiger partial charge is 0.0697 e. The molecule has 98 valence electrons. The van der Waals surface area contributed by atoms with E-state index in [1.165, 1.54) is 10.6 Å². The normalized spacial score (nSPS) is 10.5. The Morgan fingerprint density at radius 2 is 1.21 bits per heavy atom. The maximum absolute atomic E-state index is 2.50. The summed E-state index contributed by atoms with van der Waals surface area (Å²) in [6.07, 6.45) is 2.30. The molecule has 2 aromatic rings. The summed E-state index contributed by atoms with van der Waals surface area (Å²) in [6.45, 7) is 4.50. The van der Waals surface area contributed by atoms with Crippen LogP contribution in [0.25, 0.3) is 0 Å². The van der Waals surface area contributed by atoms with Gasteiger partial charge >= 0.3 is 0 Å². The van der Waals surface area contributed by atoms with E-state index in [1.807, 2.05) is 0 Å². The van der Waals surface area contributed by atoms with Crippen molar-refractivity contribution in [2.45, 2.75) is 26.7 Å². The first kappa shape index (κ1) is 14.0. The standard InChI is InChI=1S/C18H21P/c1-3-16(4-2)15-19(17-11-7-5-8-12-17)18-13-9-6-10-14-18/h5-15H,3-4H2,1-2H3. The summed E-state index contributed by atoms with van der Waals surface area (Å²) < 4.78 is 0. The molecule has 0 heterocycles. The summed E-state index contributed by atoms with van der Waals surface area (Å²) in [4.78, 5) is 0. The smallest absolute Gasteiger partial charge is 0.0157 e. The van der Waals surface area contributed by atoms with Crippen LogP contribution >= 0.6 is 7.92 Å². The van der Waals surface area contributed by atoms with Gasteiger partial charge in [-0.25, -0.2) is 0 Å². The predicted octanol–water partition coefficient (Wildman–Crippen LogP) is 4.82. The molecule has 2 aromatic carbocycles. The molecule has 0 fully saturated rings. The molecular weight excluding hydrogens is 247 g/mol. The summed E-state index contributed by atoms with van der Waals surface area (Å²) in [5.41, 5.74) is 1.55. The quantitative estimate of drug-likeness (QED) is 0.682. The highest BCUT2D eigenvalue weighted by atomic mass is 31.1. The van der Waals surface area contributed by atoms with Crippen LogP contribution in [-0.2, 0) is 0 Å². The fourth-order valence-electron chi connectivity index (χ4n) is 2.09. The van der Waals surface area contributed by atoms with Gasteiger partial charge in [0.25, 0.3) is 0 Å². The molecule has 0 radical (unpaired) electrons. The Labute approximate surface area is 117 Å². The first-order valence-electron chi connectivity index (χ1n) is 6.94. The van der Waals surface area contributed by atoms with Gasteiger partial charge in [-0.3, -0.25) is 0 Å². The third-order valence-corrected chi connectivity index (χ3v) is 5.62. The van der Waals surface area contributed by atoms with E-state index in [1.54, 1.807) is 5.57 Å². The highest BCUT2D eigenvalue weighted by molar-refractivity contribution is 7.75. The van der Waals surface area contributed by atoms with Gasteiger partial charge in [0, 0.05) is 0 Å². The monoisotopic (exact) mass is 268 g/mol. The Balaban J connectivity index is 2.43. The van der Waals surface area contributed by atoms with E-state index in [4.69, 9.17) is 0 Å². The van der Waals surface area contributed by atoms with E-state index in [9.17, 15) is 0 Å². The van der Waals surface area contributed by atoms with Gasteiger partial charge in [-0.05, 0) is 31.4 Å². The summed E-state index contributed by atoms with van der Waals surface area (Å²) >= 11 is 0. The fraction of sp³-hybridized carbons (Fsp3) is 0.222. The lowest BCUT2D eigenvalue weighted by Crippen LogP contribution is -2.09. The van der Waals surface area contributed by atoms with E-state index in [0.29, 0.717) is 0 Å². The zero-order valence-corrected chi connectivity index (χ0v) is 12.6. The summed E-state index contributed by atoms with van der Waals surface area (Å²) in [7, 11) is -0.364. The third kappa shape index (κ3) is 3.78. The average molecular weight is 268 g/mol. The molecule has 1 heteroatoms. The van der Waals surface area contributed by atoms with Crippen LogP contribution in [0.5, 0.6) is 0 Å². The Morgan fingerprint density at radius 3 is 1.58 bits per heavy atom. The fourth-order valence-corrected chi connectivity index (χ4v) is 4.40. The van der Waals surface area contributed by atoms with Gasteiger partial charge in [-0.15, -0.1) is 0 Å². The Hall–Kier alpha value is -1.39.